The molecule has 0 spiro atoms. The maximum Gasteiger partial charge on any atom is 0.256 e. The van der Waals surface area contributed by atoms with E-state index in [2.05, 4.69) is 35.3 Å². The number of amides is 1. The molecule has 2 aromatic carbocycles. The van der Waals surface area contributed by atoms with Crippen molar-refractivity contribution < 1.29 is 4.79 Å². The van der Waals surface area contributed by atoms with Gasteiger partial charge in [0.1, 0.15) is 5.01 Å². The zero-order valence-corrected chi connectivity index (χ0v) is 17.9. The number of thioether (sulfide) groups is 1. The van der Waals surface area contributed by atoms with Gasteiger partial charge in [0.15, 0.2) is 0 Å². The van der Waals surface area contributed by atoms with Crippen molar-refractivity contribution in [3.63, 3.8) is 0 Å². The van der Waals surface area contributed by atoms with Gasteiger partial charge in [-0.1, -0.05) is 37.3 Å². The molecule has 0 saturated carbocycles. The van der Waals surface area contributed by atoms with Gasteiger partial charge in [-0.25, -0.2) is 4.98 Å². The molecule has 0 aliphatic carbocycles. The number of allylic oxidation sites excluding steroid dienone is 1. The number of carbonyl (C=O) groups is 1. The first-order valence-electron chi connectivity index (χ1n) is 10.1. The first-order valence-corrected chi connectivity index (χ1v) is 11.8. The number of thiazole rings is 1. The molecule has 2 atom stereocenters. The van der Waals surface area contributed by atoms with E-state index in [0.717, 1.165) is 41.6 Å². The third kappa shape index (κ3) is 3.61. The van der Waals surface area contributed by atoms with E-state index in [1.165, 1.54) is 10.3 Å². The molecule has 2 aliphatic rings. The highest BCUT2D eigenvalue weighted by atomic mass is 32.2. The molecular formula is C23H23N3OS2. The predicted octanol–water partition coefficient (Wildman–Crippen LogP) is 4.85. The van der Waals surface area contributed by atoms with Crippen LogP contribution >= 0.6 is 23.1 Å². The maximum atomic E-state index is 12.9. The molecule has 1 saturated heterocycles. The molecule has 0 radical (unpaired) electrons. The van der Waals surface area contributed by atoms with Crippen LogP contribution in [-0.4, -0.2) is 40.7 Å². The quantitative estimate of drug-likeness (QED) is 0.654. The Morgan fingerprint density at radius 2 is 1.97 bits per heavy atom. The normalized spacial score (nSPS) is 22.1. The number of carbonyl (C=O) groups excluding carboxylic acids is 1. The third-order valence-electron chi connectivity index (χ3n) is 5.76. The number of hydrogen-bond acceptors (Lipinski definition) is 5. The summed E-state index contributed by atoms with van der Waals surface area (Å²) in [5.74, 6) is 0.396. The SMILES string of the molecule is CCN1CCC2C(c3nc4ccccc4s3)=C(NC(=O)c3ccccc3)SC2C1. The minimum absolute atomic E-state index is 0.0438. The van der Waals surface area contributed by atoms with Crippen molar-refractivity contribution in [3.05, 3.63) is 70.2 Å². The Bertz CT molecular complexity index is 1040. The van der Waals surface area contributed by atoms with Gasteiger partial charge in [-0.05, 0) is 43.8 Å². The summed E-state index contributed by atoms with van der Waals surface area (Å²) in [6.45, 7) is 5.46. The van der Waals surface area contributed by atoms with Crippen LogP contribution in [0.1, 0.15) is 28.7 Å². The monoisotopic (exact) mass is 421 g/mol. The van der Waals surface area contributed by atoms with E-state index in [-0.39, 0.29) is 5.91 Å². The molecule has 5 rings (SSSR count). The molecule has 2 unspecified atom stereocenters. The Labute approximate surface area is 179 Å². The first kappa shape index (κ1) is 18.9. The molecule has 29 heavy (non-hydrogen) atoms. The second-order valence-electron chi connectivity index (χ2n) is 7.49. The van der Waals surface area contributed by atoms with Crippen LogP contribution in [-0.2, 0) is 0 Å². The van der Waals surface area contributed by atoms with Gasteiger partial charge < -0.3 is 10.2 Å². The van der Waals surface area contributed by atoms with Gasteiger partial charge in [-0.2, -0.15) is 0 Å². The number of fused-ring (bicyclic) bond motifs is 2. The average molecular weight is 422 g/mol. The summed E-state index contributed by atoms with van der Waals surface area (Å²) in [5, 5.41) is 5.75. The zero-order valence-electron chi connectivity index (χ0n) is 16.3. The van der Waals surface area contributed by atoms with Crippen LogP contribution in [0.4, 0.5) is 0 Å². The number of aromatic nitrogens is 1. The van der Waals surface area contributed by atoms with E-state index in [1.54, 1.807) is 11.3 Å². The summed E-state index contributed by atoms with van der Waals surface area (Å²) < 4.78 is 1.20. The van der Waals surface area contributed by atoms with E-state index in [4.69, 9.17) is 4.98 Å². The minimum atomic E-state index is -0.0438. The second kappa shape index (κ2) is 7.94. The molecule has 3 aromatic rings. The van der Waals surface area contributed by atoms with Crippen molar-refractivity contribution in [3.8, 4) is 0 Å². The summed E-state index contributed by atoms with van der Waals surface area (Å²) in [6, 6.07) is 17.7. The molecule has 148 valence electrons. The first-order chi connectivity index (χ1) is 14.2. The standard InChI is InChI=1S/C23H23N3OS2/c1-2-26-13-12-16-19(14-26)29-23(25-21(27)15-8-4-3-5-9-15)20(16)22-24-17-10-6-7-11-18(17)28-22/h3-11,16,19H,2,12-14H2,1H3,(H,25,27). The highest BCUT2D eigenvalue weighted by molar-refractivity contribution is 8.04. The van der Waals surface area contributed by atoms with Gasteiger partial charge in [-0.15, -0.1) is 23.1 Å². The number of nitrogens with one attached hydrogen (secondary N) is 1. The van der Waals surface area contributed by atoms with E-state index >= 15 is 0 Å². The lowest BCUT2D eigenvalue weighted by Crippen LogP contribution is -2.40. The molecule has 1 aromatic heterocycles. The predicted molar refractivity (Wildman–Crippen MR) is 122 cm³/mol. The van der Waals surface area contributed by atoms with Crippen LogP contribution in [0.2, 0.25) is 0 Å². The lowest BCUT2D eigenvalue weighted by atomic mass is 9.89. The van der Waals surface area contributed by atoms with Crippen LogP contribution in [0, 0.1) is 5.92 Å². The molecule has 1 fully saturated rings. The highest BCUT2D eigenvalue weighted by Crippen LogP contribution is 2.50. The lowest BCUT2D eigenvalue weighted by Gasteiger charge is -2.34. The molecule has 2 aliphatic heterocycles. The summed E-state index contributed by atoms with van der Waals surface area (Å²) >= 11 is 3.56. The highest BCUT2D eigenvalue weighted by Gasteiger charge is 2.41. The number of piperidine rings is 1. The lowest BCUT2D eigenvalue weighted by molar-refractivity contribution is 0.0969. The van der Waals surface area contributed by atoms with E-state index < -0.39 is 0 Å². The van der Waals surface area contributed by atoms with Crippen molar-refractivity contribution in [2.24, 2.45) is 5.92 Å². The molecule has 4 nitrogen and oxygen atoms in total. The fourth-order valence-electron chi connectivity index (χ4n) is 4.21. The molecule has 1 amide bonds. The molecule has 0 bridgehead atoms. The van der Waals surface area contributed by atoms with Crippen molar-refractivity contribution in [2.45, 2.75) is 18.6 Å². The van der Waals surface area contributed by atoms with Crippen molar-refractivity contribution in [1.82, 2.24) is 15.2 Å². The van der Waals surface area contributed by atoms with E-state index in [1.807, 2.05) is 48.2 Å². The van der Waals surface area contributed by atoms with Gasteiger partial charge in [-0.3, -0.25) is 4.79 Å². The second-order valence-corrected chi connectivity index (χ2v) is 9.77. The Morgan fingerprint density at radius 3 is 2.76 bits per heavy atom. The zero-order chi connectivity index (χ0) is 19.8. The van der Waals surface area contributed by atoms with Crippen LogP contribution in [0.25, 0.3) is 15.8 Å². The van der Waals surface area contributed by atoms with Crippen molar-refractivity contribution in [2.75, 3.05) is 19.6 Å². The molecule has 1 N–H and O–H groups in total. The van der Waals surface area contributed by atoms with Gasteiger partial charge in [0.05, 0.1) is 15.2 Å². The molecular weight excluding hydrogens is 398 g/mol. The topological polar surface area (TPSA) is 45.2 Å². The number of benzene rings is 2. The van der Waals surface area contributed by atoms with Gasteiger partial charge >= 0.3 is 0 Å². The van der Waals surface area contributed by atoms with Crippen molar-refractivity contribution >= 4 is 44.8 Å². The minimum Gasteiger partial charge on any atom is -0.316 e. The Hall–Kier alpha value is -2.15. The van der Waals surface area contributed by atoms with Crippen LogP contribution in [0.3, 0.4) is 0 Å². The fourth-order valence-corrected chi connectivity index (χ4v) is 6.90. The third-order valence-corrected chi connectivity index (χ3v) is 8.17. The number of hydrogen-bond donors (Lipinski definition) is 1. The van der Waals surface area contributed by atoms with Gasteiger partial charge in [0.2, 0.25) is 0 Å². The maximum absolute atomic E-state index is 12.9. The summed E-state index contributed by atoms with van der Waals surface area (Å²) in [5.41, 5.74) is 2.96. The van der Waals surface area contributed by atoms with Crippen LogP contribution < -0.4 is 5.32 Å². The Kier molecular flexibility index (Phi) is 5.16. The average Bonchev–Trinajstić information content (AvgIpc) is 3.34. The number of nitrogens with zero attached hydrogens (tertiary/aromatic N) is 2. The Morgan fingerprint density at radius 1 is 1.17 bits per heavy atom. The number of likely N-dealkylation sites (tertiary alicyclic amines) is 1. The van der Waals surface area contributed by atoms with Gasteiger partial charge in [0, 0.05) is 28.8 Å². The number of para-hydroxylation sites is 1. The van der Waals surface area contributed by atoms with Crippen molar-refractivity contribution in [1.29, 1.82) is 0 Å². The fraction of sp³-hybridized carbons (Fsp3) is 0.304. The van der Waals surface area contributed by atoms with E-state index in [9.17, 15) is 4.79 Å². The van der Waals surface area contributed by atoms with Crippen LogP contribution in [0.5, 0.6) is 0 Å². The largest absolute Gasteiger partial charge is 0.316 e. The van der Waals surface area contributed by atoms with Crippen LogP contribution in [0.15, 0.2) is 59.6 Å². The summed E-state index contributed by atoms with van der Waals surface area (Å²) in [7, 11) is 0. The number of rotatable bonds is 4. The molecule has 3 heterocycles. The Balaban J connectivity index is 1.53. The van der Waals surface area contributed by atoms with E-state index in [0.29, 0.717) is 16.7 Å². The van der Waals surface area contributed by atoms with Gasteiger partial charge in [0.25, 0.3) is 5.91 Å². The summed E-state index contributed by atoms with van der Waals surface area (Å²) in [4.78, 5) is 20.3. The molecule has 6 heteroatoms. The smallest absolute Gasteiger partial charge is 0.256 e. The summed E-state index contributed by atoms with van der Waals surface area (Å²) in [6.07, 6.45) is 1.11.